The van der Waals surface area contributed by atoms with Crippen molar-refractivity contribution in [1.82, 2.24) is 15.2 Å². The van der Waals surface area contributed by atoms with Crippen molar-refractivity contribution in [3.8, 4) is 0 Å². The highest BCUT2D eigenvalue weighted by atomic mass is 15.1. The van der Waals surface area contributed by atoms with Crippen LogP contribution in [0.4, 0.5) is 0 Å². The second kappa shape index (κ2) is 6.47. The monoisotopic (exact) mass is 243 g/mol. The first-order chi connectivity index (χ1) is 8.81. The van der Waals surface area contributed by atoms with Crippen molar-refractivity contribution >= 4 is 10.8 Å². The number of hydrogen-bond acceptors (Lipinski definition) is 3. The third-order valence-corrected chi connectivity index (χ3v) is 3.10. The highest BCUT2D eigenvalue weighted by Crippen LogP contribution is 2.17. The first-order valence-electron chi connectivity index (χ1n) is 6.53. The summed E-state index contributed by atoms with van der Waals surface area (Å²) in [7, 11) is 2.14. The zero-order valence-electron chi connectivity index (χ0n) is 11.2. The summed E-state index contributed by atoms with van der Waals surface area (Å²) in [6.07, 6.45) is 1.90. The quantitative estimate of drug-likeness (QED) is 0.789. The lowest BCUT2D eigenvalue weighted by Gasteiger charge is -2.17. The summed E-state index contributed by atoms with van der Waals surface area (Å²) >= 11 is 0. The lowest BCUT2D eigenvalue weighted by molar-refractivity contribution is 0.323. The second-order valence-electron chi connectivity index (χ2n) is 4.57. The molecule has 0 bridgehead atoms. The molecule has 2 aromatic rings. The third-order valence-electron chi connectivity index (χ3n) is 3.10. The largest absolute Gasteiger partial charge is 0.316 e. The molecule has 0 saturated heterocycles. The number of nitrogens with one attached hydrogen (secondary N) is 1. The molecule has 1 aromatic heterocycles. The van der Waals surface area contributed by atoms with Crippen molar-refractivity contribution in [2.45, 2.75) is 13.5 Å². The molecule has 18 heavy (non-hydrogen) atoms. The number of hydrogen-bond donors (Lipinski definition) is 1. The van der Waals surface area contributed by atoms with Crippen LogP contribution in [0.5, 0.6) is 0 Å². The summed E-state index contributed by atoms with van der Waals surface area (Å²) in [4.78, 5) is 6.82. The first-order valence-corrected chi connectivity index (χ1v) is 6.53. The van der Waals surface area contributed by atoms with E-state index in [9.17, 15) is 0 Å². The molecule has 0 aliphatic rings. The predicted octanol–water partition coefficient (Wildman–Crippen LogP) is 2.28. The highest BCUT2D eigenvalue weighted by molar-refractivity contribution is 5.84. The van der Waals surface area contributed by atoms with Crippen molar-refractivity contribution < 1.29 is 0 Å². The molecule has 3 nitrogen and oxygen atoms in total. The summed E-state index contributed by atoms with van der Waals surface area (Å²) in [5, 5.41) is 5.87. The van der Waals surface area contributed by atoms with E-state index in [-0.39, 0.29) is 0 Å². The molecule has 2 rings (SSSR count). The second-order valence-corrected chi connectivity index (χ2v) is 4.57. The Balaban J connectivity index is 2.07. The molecule has 0 unspecified atom stereocenters. The third kappa shape index (κ3) is 3.28. The van der Waals surface area contributed by atoms with Gasteiger partial charge in [-0.1, -0.05) is 31.2 Å². The van der Waals surface area contributed by atoms with Crippen LogP contribution in [-0.2, 0) is 6.54 Å². The van der Waals surface area contributed by atoms with Crippen LogP contribution in [0, 0.1) is 0 Å². The smallest absolute Gasteiger partial charge is 0.0622 e. The Hall–Kier alpha value is -1.45. The summed E-state index contributed by atoms with van der Waals surface area (Å²) in [6.45, 7) is 6.12. The Kier molecular flexibility index (Phi) is 4.67. The fraction of sp³-hybridized carbons (Fsp3) is 0.400. The topological polar surface area (TPSA) is 28.2 Å². The maximum absolute atomic E-state index is 4.51. The van der Waals surface area contributed by atoms with Crippen molar-refractivity contribution in [2.24, 2.45) is 0 Å². The molecule has 96 valence electrons. The summed E-state index contributed by atoms with van der Waals surface area (Å²) in [6, 6.07) is 10.5. The molecule has 0 amide bonds. The van der Waals surface area contributed by atoms with E-state index in [4.69, 9.17) is 0 Å². The summed E-state index contributed by atoms with van der Waals surface area (Å²) in [5.74, 6) is 0. The van der Waals surface area contributed by atoms with Gasteiger partial charge in [0.25, 0.3) is 0 Å². The minimum atomic E-state index is 0.896. The molecule has 0 spiro atoms. The summed E-state index contributed by atoms with van der Waals surface area (Å²) in [5.41, 5.74) is 1.16. The van der Waals surface area contributed by atoms with E-state index in [1.807, 2.05) is 6.20 Å². The van der Waals surface area contributed by atoms with E-state index in [1.54, 1.807) is 0 Å². The maximum atomic E-state index is 4.51. The maximum Gasteiger partial charge on any atom is 0.0622 e. The van der Waals surface area contributed by atoms with Crippen LogP contribution in [0.25, 0.3) is 10.8 Å². The van der Waals surface area contributed by atoms with Gasteiger partial charge in [0.1, 0.15) is 0 Å². The van der Waals surface area contributed by atoms with E-state index < -0.39 is 0 Å². The summed E-state index contributed by atoms with van der Waals surface area (Å²) < 4.78 is 0. The van der Waals surface area contributed by atoms with Crippen LogP contribution < -0.4 is 5.32 Å². The van der Waals surface area contributed by atoms with Crippen molar-refractivity contribution in [2.75, 3.05) is 26.7 Å². The Morgan fingerprint density at radius 3 is 2.89 bits per heavy atom. The van der Waals surface area contributed by atoms with E-state index in [2.05, 4.69) is 59.5 Å². The van der Waals surface area contributed by atoms with Gasteiger partial charge in [0.2, 0.25) is 0 Å². The fourth-order valence-corrected chi connectivity index (χ4v) is 2.09. The first kappa shape index (κ1) is 13.0. The van der Waals surface area contributed by atoms with Gasteiger partial charge >= 0.3 is 0 Å². The molecule has 0 radical (unpaired) electrons. The van der Waals surface area contributed by atoms with Crippen LogP contribution >= 0.6 is 0 Å². The lowest BCUT2D eigenvalue weighted by atomic mass is 10.1. The van der Waals surface area contributed by atoms with Crippen LogP contribution in [0.2, 0.25) is 0 Å². The Morgan fingerprint density at radius 2 is 2.06 bits per heavy atom. The van der Waals surface area contributed by atoms with Crippen LogP contribution in [0.1, 0.15) is 12.6 Å². The standard InChI is InChI=1S/C15H21N3/c1-3-16-10-11-18(2)12-15-14-7-5-4-6-13(14)8-9-17-15/h4-9,16H,3,10-12H2,1-2H3. The van der Waals surface area contributed by atoms with Gasteiger partial charge in [0.05, 0.1) is 5.69 Å². The SMILES string of the molecule is CCNCCN(C)Cc1nccc2ccccc12. The minimum Gasteiger partial charge on any atom is -0.316 e. The Morgan fingerprint density at radius 1 is 1.22 bits per heavy atom. The van der Waals surface area contributed by atoms with Crippen molar-refractivity contribution in [1.29, 1.82) is 0 Å². The average Bonchev–Trinajstić information content (AvgIpc) is 2.39. The van der Waals surface area contributed by atoms with Gasteiger partial charge in [-0.05, 0) is 25.0 Å². The molecule has 0 saturated carbocycles. The molecule has 3 heteroatoms. The lowest BCUT2D eigenvalue weighted by Crippen LogP contribution is -2.29. The molecule has 1 aromatic carbocycles. The number of rotatable bonds is 6. The van der Waals surface area contributed by atoms with Gasteiger partial charge in [-0.25, -0.2) is 0 Å². The molecule has 0 atom stereocenters. The number of aromatic nitrogens is 1. The Labute approximate surface area is 109 Å². The van der Waals surface area contributed by atoms with Gasteiger partial charge in [-0.3, -0.25) is 9.88 Å². The molecular formula is C15H21N3. The number of fused-ring (bicyclic) bond motifs is 1. The normalized spacial score (nSPS) is 11.3. The van der Waals surface area contributed by atoms with Gasteiger partial charge in [-0.2, -0.15) is 0 Å². The predicted molar refractivity (Wildman–Crippen MR) is 76.6 cm³/mol. The van der Waals surface area contributed by atoms with Crippen LogP contribution in [-0.4, -0.2) is 36.6 Å². The molecule has 1 N–H and O–H groups in total. The van der Waals surface area contributed by atoms with E-state index in [0.29, 0.717) is 0 Å². The van der Waals surface area contributed by atoms with Gasteiger partial charge in [0.15, 0.2) is 0 Å². The van der Waals surface area contributed by atoms with E-state index in [1.165, 1.54) is 10.8 Å². The average molecular weight is 243 g/mol. The minimum absolute atomic E-state index is 0.896. The zero-order chi connectivity index (χ0) is 12.8. The number of pyridine rings is 1. The van der Waals surface area contributed by atoms with E-state index >= 15 is 0 Å². The number of benzene rings is 1. The molecule has 0 aliphatic heterocycles. The highest BCUT2D eigenvalue weighted by Gasteiger charge is 2.05. The molecule has 0 fully saturated rings. The number of nitrogens with zero attached hydrogens (tertiary/aromatic N) is 2. The molecule has 0 aliphatic carbocycles. The van der Waals surface area contributed by atoms with Crippen molar-refractivity contribution in [3.05, 3.63) is 42.2 Å². The van der Waals surface area contributed by atoms with Crippen LogP contribution in [0.15, 0.2) is 36.5 Å². The molecular weight excluding hydrogens is 222 g/mol. The zero-order valence-corrected chi connectivity index (χ0v) is 11.2. The Bertz CT molecular complexity index is 491. The van der Waals surface area contributed by atoms with Gasteiger partial charge in [0, 0.05) is 31.2 Å². The van der Waals surface area contributed by atoms with Crippen LogP contribution in [0.3, 0.4) is 0 Å². The fourth-order valence-electron chi connectivity index (χ4n) is 2.09. The van der Waals surface area contributed by atoms with Gasteiger partial charge in [-0.15, -0.1) is 0 Å². The number of likely N-dealkylation sites (N-methyl/N-ethyl adjacent to an activating group) is 2. The molecule has 1 heterocycles. The van der Waals surface area contributed by atoms with Crippen molar-refractivity contribution in [3.63, 3.8) is 0 Å². The van der Waals surface area contributed by atoms with E-state index in [0.717, 1.165) is 31.9 Å². The van der Waals surface area contributed by atoms with Gasteiger partial charge < -0.3 is 5.32 Å².